The summed E-state index contributed by atoms with van der Waals surface area (Å²) in [6.07, 6.45) is 8.11. The van der Waals surface area contributed by atoms with Crippen LogP contribution in [-0.4, -0.2) is 51.6 Å². The second kappa shape index (κ2) is 7.82. The van der Waals surface area contributed by atoms with Crippen molar-refractivity contribution in [2.24, 2.45) is 4.99 Å². The quantitative estimate of drug-likeness (QED) is 0.441. The molecule has 2 bridgehead atoms. The first-order valence-corrected chi connectivity index (χ1v) is 10.1. The maximum atomic E-state index is 12.3. The van der Waals surface area contributed by atoms with Crippen LogP contribution in [0.5, 0.6) is 0 Å². The van der Waals surface area contributed by atoms with E-state index in [0.29, 0.717) is 31.3 Å². The van der Waals surface area contributed by atoms with Crippen molar-refractivity contribution in [1.29, 1.82) is 0 Å². The van der Waals surface area contributed by atoms with Crippen LogP contribution in [0.2, 0.25) is 0 Å². The van der Waals surface area contributed by atoms with Crippen molar-refractivity contribution in [3.05, 3.63) is 16.3 Å². The number of aromatic nitrogens is 3. The van der Waals surface area contributed by atoms with Crippen LogP contribution in [0.1, 0.15) is 51.3 Å². The van der Waals surface area contributed by atoms with Gasteiger partial charge in [-0.2, -0.15) is 5.10 Å². The zero-order chi connectivity index (χ0) is 17.9. The summed E-state index contributed by atoms with van der Waals surface area (Å²) >= 11 is 0. The summed E-state index contributed by atoms with van der Waals surface area (Å²) in [5.74, 6) is 1.79. The Kier molecular flexibility index (Phi) is 5.28. The number of hydrogen-bond donors (Lipinski definition) is 2. The smallest absolute Gasteiger partial charge is 0.345 e. The molecule has 2 fully saturated rings. The van der Waals surface area contributed by atoms with Crippen molar-refractivity contribution < 1.29 is 4.74 Å². The molecule has 3 aliphatic heterocycles. The average molecular weight is 362 g/mol. The molecule has 0 amide bonds. The van der Waals surface area contributed by atoms with Gasteiger partial charge in [0, 0.05) is 32.6 Å². The number of hydrogen-bond acceptors (Lipinski definition) is 4. The van der Waals surface area contributed by atoms with Crippen molar-refractivity contribution in [2.75, 3.05) is 13.1 Å². The van der Waals surface area contributed by atoms with E-state index in [1.54, 1.807) is 4.68 Å². The molecular formula is C18H30N6O2. The summed E-state index contributed by atoms with van der Waals surface area (Å²) in [5.41, 5.74) is 0.0350. The maximum absolute atomic E-state index is 12.3. The third-order valence-electron chi connectivity index (χ3n) is 5.60. The maximum Gasteiger partial charge on any atom is 0.345 e. The molecule has 1 aromatic heterocycles. The second-order valence-electron chi connectivity index (χ2n) is 7.51. The minimum absolute atomic E-state index is 0.0350. The molecule has 3 unspecified atom stereocenters. The number of aliphatic imine (C=N–C) groups is 1. The molecule has 1 aromatic rings. The van der Waals surface area contributed by atoms with E-state index in [-0.39, 0.29) is 5.69 Å². The standard InChI is InChI=1S/C18H30N6O2/c1-2-19-17(21-14-12-13-7-8-15(14)26-13)20-9-5-11-24-18(25)23-10-4-3-6-16(23)22-24/h13-15H,2-12H2,1H3,(H2,19,20,21). The molecule has 0 saturated carbocycles. The van der Waals surface area contributed by atoms with Gasteiger partial charge in [-0.25, -0.2) is 9.48 Å². The van der Waals surface area contributed by atoms with E-state index < -0.39 is 0 Å². The van der Waals surface area contributed by atoms with Crippen LogP contribution in [0.3, 0.4) is 0 Å². The van der Waals surface area contributed by atoms with Crippen molar-refractivity contribution in [3.8, 4) is 0 Å². The van der Waals surface area contributed by atoms with Gasteiger partial charge in [0.15, 0.2) is 5.96 Å². The first-order chi connectivity index (χ1) is 12.7. The highest BCUT2D eigenvalue weighted by Crippen LogP contribution is 2.34. The molecule has 4 rings (SSSR count). The number of guanidine groups is 1. The summed E-state index contributed by atoms with van der Waals surface area (Å²) in [7, 11) is 0. The van der Waals surface area contributed by atoms with Crippen molar-refractivity contribution in [3.63, 3.8) is 0 Å². The summed E-state index contributed by atoms with van der Waals surface area (Å²) < 4.78 is 9.34. The third-order valence-corrected chi connectivity index (χ3v) is 5.60. The van der Waals surface area contributed by atoms with E-state index in [1.165, 1.54) is 6.42 Å². The SMILES string of the molecule is CCNC(=NCCCn1nc2n(c1=O)CCCC2)NC1CC2CCC1O2. The van der Waals surface area contributed by atoms with Gasteiger partial charge in [-0.15, -0.1) is 0 Å². The lowest BCUT2D eigenvalue weighted by Crippen LogP contribution is -2.47. The molecule has 0 aromatic carbocycles. The number of rotatable bonds is 6. The molecule has 3 aliphatic rings. The lowest BCUT2D eigenvalue weighted by atomic mass is 9.96. The van der Waals surface area contributed by atoms with Gasteiger partial charge in [-0.05, 0) is 45.4 Å². The molecule has 8 nitrogen and oxygen atoms in total. The number of aryl methyl sites for hydroxylation is 2. The first-order valence-electron chi connectivity index (χ1n) is 10.1. The van der Waals surface area contributed by atoms with Gasteiger partial charge in [-0.3, -0.25) is 9.56 Å². The van der Waals surface area contributed by atoms with Gasteiger partial charge in [0.25, 0.3) is 0 Å². The molecule has 4 heterocycles. The first kappa shape index (κ1) is 17.6. The predicted octanol–water partition coefficient (Wildman–Crippen LogP) is 0.646. The lowest BCUT2D eigenvalue weighted by molar-refractivity contribution is 0.0992. The second-order valence-corrected chi connectivity index (χ2v) is 7.51. The molecule has 0 aliphatic carbocycles. The minimum atomic E-state index is 0.0350. The van der Waals surface area contributed by atoms with E-state index in [1.807, 2.05) is 4.57 Å². The van der Waals surface area contributed by atoms with Crippen LogP contribution in [0.15, 0.2) is 9.79 Å². The molecule has 0 radical (unpaired) electrons. The Bertz CT molecular complexity index is 709. The zero-order valence-corrected chi connectivity index (χ0v) is 15.6. The Morgan fingerprint density at radius 1 is 1.38 bits per heavy atom. The Labute approximate surface area is 154 Å². The average Bonchev–Trinajstić information content (AvgIpc) is 3.34. The van der Waals surface area contributed by atoms with Crippen molar-refractivity contribution in [1.82, 2.24) is 25.0 Å². The summed E-state index contributed by atoms with van der Waals surface area (Å²) in [4.78, 5) is 17.0. The highest BCUT2D eigenvalue weighted by molar-refractivity contribution is 5.80. The van der Waals surface area contributed by atoms with E-state index in [2.05, 4.69) is 27.6 Å². The highest BCUT2D eigenvalue weighted by atomic mass is 16.5. The summed E-state index contributed by atoms with van der Waals surface area (Å²) in [6.45, 7) is 5.02. The number of ether oxygens (including phenoxy) is 1. The van der Waals surface area contributed by atoms with Crippen LogP contribution < -0.4 is 16.3 Å². The fourth-order valence-electron chi connectivity index (χ4n) is 4.29. The number of nitrogens with one attached hydrogen (secondary N) is 2. The molecule has 2 saturated heterocycles. The van der Waals surface area contributed by atoms with E-state index >= 15 is 0 Å². The van der Waals surface area contributed by atoms with E-state index in [4.69, 9.17) is 4.74 Å². The highest BCUT2D eigenvalue weighted by Gasteiger charge is 2.41. The summed E-state index contributed by atoms with van der Waals surface area (Å²) in [6, 6.07) is 0.369. The Morgan fingerprint density at radius 2 is 2.31 bits per heavy atom. The topological polar surface area (TPSA) is 85.5 Å². The predicted molar refractivity (Wildman–Crippen MR) is 99.5 cm³/mol. The normalized spacial score (nSPS) is 27.6. The molecular weight excluding hydrogens is 332 g/mol. The Hall–Kier alpha value is -1.83. The van der Waals surface area contributed by atoms with Crippen LogP contribution in [-0.2, 0) is 24.2 Å². The fraction of sp³-hybridized carbons (Fsp3) is 0.833. The van der Waals surface area contributed by atoms with Gasteiger partial charge in [0.1, 0.15) is 5.82 Å². The molecule has 26 heavy (non-hydrogen) atoms. The largest absolute Gasteiger partial charge is 0.373 e. The lowest BCUT2D eigenvalue weighted by Gasteiger charge is -2.22. The minimum Gasteiger partial charge on any atom is -0.373 e. The van der Waals surface area contributed by atoms with Crippen LogP contribution in [0.25, 0.3) is 0 Å². The van der Waals surface area contributed by atoms with E-state index in [0.717, 1.165) is 63.4 Å². The molecule has 8 heteroatoms. The molecule has 2 N–H and O–H groups in total. The fourth-order valence-corrected chi connectivity index (χ4v) is 4.29. The molecule has 0 spiro atoms. The number of nitrogens with zero attached hydrogens (tertiary/aromatic N) is 4. The monoisotopic (exact) mass is 362 g/mol. The van der Waals surface area contributed by atoms with Gasteiger partial charge in [-0.1, -0.05) is 0 Å². The Balaban J connectivity index is 1.30. The van der Waals surface area contributed by atoms with Crippen LogP contribution in [0, 0.1) is 0 Å². The van der Waals surface area contributed by atoms with E-state index in [9.17, 15) is 4.79 Å². The number of fused-ring (bicyclic) bond motifs is 3. The van der Waals surface area contributed by atoms with Gasteiger partial charge < -0.3 is 15.4 Å². The van der Waals surface area contributed by atoms with Gasteiger partial charge >= 0.3 is 5.69 Å². The van der Waals surface area contributed by atoms with Crippen LogP contribution in [0.4, 0.5) is 0 Å². The zero-order valence-electron chi connectivity index (χ0n) is 15.6. The molecule has 144 valence electrons. The van der Waals surface area contributed by atoms with Crippen molar-refractivity contribution >= 4 is 5.96 Å². The van der Waals surface area contributed by atoms with Gasteiger partial charge in [0.05, 0.1) is 18.2 Å². The third kappa shape index (κ3) is 3.65. The Morgan fingerprint density at radius 3 is 3.04 bits per heavy atom. The van der Waals surface area contributed by atoms with Crippen LogP contribution >= 0.6 is 0 Å². The summed E-state index contributed by atoms with van der Waals surface area (Å²) in [5, 5.41) is 11.3. The van der Waals surface area contributed by atoms with Crippen molar-refractivity contribution in [2.45, 2.75) is 83.2 Å². The van der Waals surface area contributed by atoms with Gasteiger partial charge in [0.2, 0.25) is 0 Å². The molecule has 3 atom stereocenters.